The van der Waals surface area contributed by atoms with E-state index in [-0.39, 0.29) is 24.5 Å². The van der Waals surface area contributed by atoms with Gasteiger partial charge in [0.1, 0.15) is 5.60 Å². The highest BCUT2D eigenvalue weighted by Gasteiger charge is 2.38. The van der Waals surface area contributed by atoms with E-state index in [1.807, 2.05) is 0 Å². The van der Waals surface area contributed by atoms with Crippen molar-refractivity contribution in [2.75, 3.05) is 18.8 Å². The second-order valence-electron chi connectivity index (χ2n) is 3.43. The standard InChI is InChI=1S/C8H14N2O3S/c9-7(12)8(13)1-3-10(4-2-8)6(11)5-14/h13-14H,1-5H2,(H2,9,12). The van der Waals surface area contributed by atoms with E-state index in [1.54, 1.807) is 4.90 Å². The van der Waals surface area contributed by atoms with Crippen LogP contribution in [0, 0.1) is 0 Å². The Bertz CT molecular complexity index is 249. The first-order chi connectivity index (χ1) is 6.49. The van der Waals surface area contributed by atoms with Crippen LogP contribution in [0.4, 0.5) is 0 Å². The van der Waals surface area contributed by atoms with Crippen molar-refractivity contribution in [1.82, 2.24) is 4.90 Å². The maximum Gasteiger partial charge on any atom is 0.249 e. The second kappa shape index (κ2) is 4.18. The molecule has 0 unspecified atom stereocenters. The number of carbonyl (C=O) groups is 2. The molecule has 5 nitrogen and oxygen atoms in total. The van der Waals surface area contributed by atoms with Crippen molar-refractivity contribution < 1.29 is 14.7 Å². The Balaban J connectivity index is 2.54. The Hall–Kier alpha value is -0.750. The van der Waals surface area contributed by atoms with Crippen molar-refractivity contribution in [3.8, 4) is 0 Å². The minimum Gasteiger partial charge on any atom is -0.380 e. The van der Waals surface area contributed by atoms with Crippen LogP contribution >= 0.6 is 12.6 Å². The van der Waals surface area contributed by atoms with Crippen LogP contribution in [0.5, 0.6) is 0 Å². The van der Waals surface area contributed by atoms with Crippen LogP contribution in [0.25, 0.3) is 0 Å². The van der Waals surface area contributed by atoms with E-state index in [9.17, 15) is 14.7 Å². The van der Waals surface area contributed by atoms with Crippen LogP contribution in [0.1, 0.15) is 12.8 Å². The van der Waals surface area contributed by atoms with Gasteiger partial charge in [0, 0.05) is 25.9 Å². The smallest absolute Gasteiger partial charge is 0.249 e. The van der Waals surface area contributed by atoms with Gasteiger partial charge >= 0.3 is 0 Å². The largest absolute Gasteiger partial charge is 0.380 e. The number of carbonyl (C=O) groups excluding carboxylic acids is 2. The number of nitrogens with zero attached hydrogens (tertiary/aromatic N) is 1. The highest BCUT2D eigenvalue weighted by Crippen LogP contribution is 2.21. The quantitative estimate of drug-likeness (QED) is 0.507. The van der Waals surface area contributed by atoms with Gasteiger partial charge in [0.05, 0.1) is 5.75 Å². The number of aliphatic hydroxyl groups is 1. The summed E-state index contributed by atoms with van der Waals surface area (Å²) < 4.78 is 0. The fraction of sp³-hybridized carbons (Fsp3) is 0.750. The van der Waals surface area contributed by atoms with E-state index in [1.165, 1.54) is 0 Å². The van der Waals surface area contributed by atoms with Gasteiger partial charge in [-0.3, -0.25) is 9.59 Å². The van der Waals surface area contributed by atoms with Gasteiger partial charge in [-0.05, 0) is 0 Å². The molecule has 2 amide bonds. The molecule has 0 radical (unpaired) electrons. The summed E-state index contributed by atoms with van der Waals surface area (Å²) in [4.78, 5) is 23.6. The van der Waals surface area contributed by atoms with E-state index >= 15 is 0 Å². The summed E-state index contributed by atoms with van der Waals surface area (Å²) in [6.07, 6.45) is 0.420. The van der Waals surface area contributed by atoms with Crippen molar-refractivity contribution >= 4 is 24.4 Å². The lowest BCUT2D eigenvalue weighted by atomic mass is 9.91. The molecule has 3 N–H and O–H groups in total. The first kappa shape index (κ1) is 11.3. The molecule has 1 aliphatic heterocycles. The molecule has 0 atom stereocenters. The normalized spacial score (nSPS) is 20.6. The lowest BCUT2D eigenvalue weighted by Gasteiger charge is -2.35. The molecule has 0 saturated carbocycles. The molecule has 0 spiro atoms. The van der Waals surface area contributed by atoms with Gasteiger partial charge < -0.3 is 15.7 Å². The SMILES string of the molecule is NC(=O)C1(O)CCN(C(=O)CS)CC1. The summed E-state index contributed by atoms with van der Waals surface area (Å²) in [5.74, 6) is -0.648. The minimum absolute atomic E-state index is 0.0835. The van der Waals surface area contributed by atoms with E-state index in [4.69, 9.17) is 5.73 Å². The first-order valence-corrected chi connectivity index (χ1v) is 5.04. The number of rotatable bonds is 2. The summed E-state index contributed by atoms with van der Waals surface area (Å²) in [6.45, 7) is 0.720. The van der Waals surface area contributed by atoms with Gasteiger partial charge in [-0.2, -0.15) is 12.6 Å². The lowest BCUT2D eigenvalue weighted by molar-refractivity contribution is -0.145. The molecule has 80 valence electrons. The van der Waals surface area contributed by atoms with Crippen molar-refractivity contribution in [3.63, 3.8) is 0 Å². The number of amides is 2. The van der Waals surface area contributed by atoms with Crippen LogP contribution in [0.15, 0.2) is 0 Å². The molecule has 1 heterocycles. The second-order valence-corrected chi connectivity index (χ2v) is 3.75. The van der Waals surface area contributed by atoms with Gasteiger partial charge in [0.2, 0.25) is 11.8 Å². The monoisotopic (exact) mass is 218 g/mol. The van der Waals surface area contributed by atoms with Gasteiger partial charge in [-0.15, -0.1) is 0 Å². The zero-order valence-electron chi connectivity index (χ0n) is 7.77. The molecule has 1 aliphatic rings. The Labute approximate surface area is 87.7 Å². The zero-order valence-corrected chi connectivity index (χ0v) is 8.67. The molecule has 14 heavy (non-hydrogen) atoms. The van der Waals surface area contributed by atoms with E-state index in [0.717, 1.165) is 0 Å². The average molecular weight is 218 g/mol. The zero-order chi connectivity index (χ0) is 10.8. The number of hydrogen-bond donors (Lipinski definition) is 3. The molecule has 0 aromatic carbocycles. The third kappa shape index (κ3) is 2.19. The molecule has 1 rings (SSSR count). The van der Waals surface area contributed by atoms with Crippen molar-refractivity contribution in [2.24, 2.45) is 5.73 Å². The number of likely N-dealkylation sites (tertiary alicyclic amines) is 1. The summed E-state index contributed by atoms with van der Waals surface area (Å²) in [6, 6.07) is 0. The third-order valence-corrected chi connectivity index (χ3v) is 2.81. The highest BCUT2D eigenvalue weighted by molar-refractivity contribution is 7.81. The molecular formula is C8H14N2O3S. The van der Waals surface area contributed by atoms with Crippen LogP contribution < -0.4 is 5.73 Å². The number of nitrogens with two attached hydrogens (primary N) is 1. The van der Waals surface area contributed by atoms with Gasteiger partial charge in [-0.25, -0.2) is 0 Å². The third-order valence-electron chi connectivity index (χ3n) is 2.54. The summed E-state index contributed by atoms with van der Waals surface area (Å²) in [7, 11) is 0. The van der Waals surface area contributed by atoms with Gasteiger partial charge in [-0.1, -0.05) is 0 Å². The summed E-state index contributed by atoms with van der Waals surface area (Å²) >= 11 is 3.86. The number of hydrogen-bond acceptors (Lipinski definition) is 4. The topological polar surface area (TPSA) is 83.6 Å². The lowest BCUT2D eigenvalue weighted by Crippen LogP contribution is -2.53. The summed E-state index contributed by atoms with van der Waals surface area (Å²) in [5.41, 5.74) is 3.61. The fourth-order valence-electron chi connectivity index (χ4n) is 1.47. The molecule has 6 heteroatoms. The number of thiol groups is 1. The molecular weight excluding hydrogens is 204 g/mol. The minimum atomic E-state index is -1.44. The van der Waals surface area contributed by atoms with Crippen molar-refractivity contribution in [3.05, 3.63) is 0 Å². The maximum absolute atomic E-state index is 11.2. The summed E-state index contributed by atoms with van der Waals surface area (Å²) in [5, 5.41) is 9.69. The fourth-order valence-corrected chi connectivity index (χ4v) is 1.67. The van der Waals surface area contributed by atoms with Crippen LogP contribution in [-0.4, -0.2) is 46.3 Å². The van der Waals surface area contributed by atoms with Gasteiger partial charge in [0.15, 0.2) is 0 Å². The Morgan fingerprint density at radius 2 is 1.93 bits per heavy atom. The predicted molar refractivity (Wildman–Crippen MR) is 53.8 cm³/mol. The molecule has 0 aromatic rings. The average Bonchev–Trinajstić information content (AvgIpc) is 2.17. The molecule has 1 fully saturated rings. The molecule has 0 aromatic heterocycles. The predicted octanol–water partition coefficient (Wildman–Crippen LogP) is -1.24. The first-order valence-electron chi connectivity index (χ1n) is 4.40. The van der Waals surface area contributed by atoms with Crippen LogP contribution in [-0.2, 0) is 9.59 Å². The number of primary amides is 1. The molecule has 1 saturated heterocycles. The van der Waals surface area contributed by atoms with Gasteiger partial charge in [0.25, 0.3) is 0 Å². The maximum atomic E-state index is 11.2. The van der Waals surface area contributed by atoms with E-state index in [2.05, 4.69) is 12.6 Å². The van der Waals surface area contributed by atoms with Crippen molar-refractivity contribution in [2.45, 2.75) is 18.4 Å². The van der Waals surface area contributed by atoms with E-state index < -0.39 is 11.5 Å². The Morgan fingerprint density at radius 1 is 1.43 bits per heavy atom. The Kier molecular flexibility index (Phi) is 3.38. The Morgan fingerprint density at radius 3 is 2.29 bits per heavy atom. The molecule has 0 bridgehead atoms. The van der Waals surface area contributed by atoms with Crippen LogP contribution in [0.2, 0.25) is 0 Å². The van der Waals surface area contributed by atoms with Crippen molar-refractivity contribution in [1.29, 1.82) is 0 Å². The van der Waals surface area contributed by atoms with E-state index in [0.29, 0.717) is 13.1 Å². The number of piperidine rings is 1. The van der Waals surface area contributed by atoms with Crippen LogP contribution in [0.3, 0.4) is 0 Å². The molecule has 0 aliphatic carbocycles. The highest BCUT2D eigenvalue weighted by atomic mass is 32.1.